The van der Waals surface area contributed by atoms with Gasteiger partial charge in [-0.1, -0.05) is 6.92 Å². The fraction of sp³-hybridized carbons (Fsp3) is 0.538. The molecule has 112 valence electrons. The maximum absolute atomic E-state index is 12.2. The van der Waals surface area contributed by atoms with Crippen molar-refractivity contribution >= 4 is 10.0 Å². The van der Waals surface area contributed by atoms with Crippen LogP contribution in [0, 0.1) is 5.92 Å². The fourth-order valence-corrected chi connectivity index (χ4v) is 3.03. The summed E-state index contributed by atoms with van der Waals surface area (Å²) in [6.45, 7) is 3.10. The van der Waals surface area contributed by atoms with Crippen molar-refractivity contribution in [2.24, 2.45) is 5.92 Å². The van der Waals surface area contributed by atoms with Crippen LogP contribution in [0.5, 0.6) is 11.5 Å². The minimum absolute atomic E-state index is 0.0485. The molecule has 0 bridgehead atoms. The van der Waals surface area contributed by atoms with Gasteiger partial charge in [-0.2, -0.15) is 0 Å². The molecule has 1 aliphatic rings. The molecule has 1 heterocycles. The van der Waals surface area contributed by atoms with E-state index in [1.165, 1.54) is 12.1 Å². The summed E-state index contributed by atoms with van der Waals surface area (Å²) in [5.74, 6) is 1.08. The van der Waals surface area contributed by atoms with Crippen molar-refractivity contribution in [3.05, 3.63) is 18.2 Å². The van der Waals surface area contributed by atoms with Gasteiger partial charge >= 0.3 is 0 Å². The average molecular weight is 301 g/mol. The number of hydrogen-bond acceptors (Lipinski definition) is 5. The third-order valence-electron chi connectivity index (χ3n) is 3.07. The Morgan fingerprint density at radius 1 is 1.30 bits per heavy atom. The van der Waals surface area contributed by atoms with Crippen molar-refractivity contribution in [3.8, 4) is 11.5 Å². The number of rotatable bonds is 6. The Labute approximate surface area is 118 Å². The Morgan fingerprint density at radius 2 is 2.00 bits per heavy atom. The molecule has 0 saturated heterocycles. The highest BCUT2D eigenvalue weighted by molar-refractivity contribution is 7.89. The molecule has 0 aliphatic carbocycles. The van der Waals surface area contributed by atoms with E-state index in [9.17, 15) is 8.42 Å². The Balaban J connectivity index is 2.09. The third kappa shape index (κ3) is 3.62. The van der Waals surface area contributed by atoms with Crippen LogP contribution in [0.25, 0.3) is 0 Å². The number of sulfonamides is 1. The minimum atomic E-state index is -3.57. The summed E-state index contributed by atoms with van der Waals surface area (Å²) in [4.78, 5) is 0.151. The van der Waals surface area contributed by atoms with E-state index >= 15 is 0 Å². The molecule has 2 rings (SSSR count). The molecule has 0 amide bonds. The smallest absolute Gasteiger partial charge is 0.240 e. The summed E-state index contributed by atoms with van der Waals surface area (Å²) in [7, 11) is -3.57. The summed E-state index contributed by atoms with van der Waals surface area (Å²) in [6.07, 6.45) is 0.559. The van der Waals surface area contributed by atoms with Crippen molar-refractivity contribution in [1.82, 2.24) is 4.72 Å². The highest BCUT2D eigenvalue weighted by Gasteiger charge is 2.19. The van der Waals surface area contributed by atoms with Gasteiger partial charge in [-0.15, -0.1) is 0 Å². The summed E-state index contributed by atoms with van der Waals surface area (Å²) in [5.41, 5.74) is 0. The van der Waals surface area contributed by atoms with E-state index in [0.717, 1.165) is 0 Å². The van der Waals surface area contributed by atoms with Crippen LogP contribution in [-0.2, 0) is 10.0 Å². The van der Waals surface area contributed by atoms with E-state index in [1.807, 2.05) is 6.92 Å². The van der Waals surface area contributed by atoms with E-state index in [2.05, 4.69) is 4.72 Å². The molecule has 1 aromatic carbocycles. The zero-order valence-corrected chi connectivity index (χ0v) is 12.1. The highest BCUT2D eigenvalue weighted by atomic mass is 32.2. The second kappa shape index (κ2) is 6.43. The van der Waals surface area contributed by atoms with E-state index in [0.29, 0.717) is 31.1 Å². The highest BCUT2D eigenvalue weighted by Crippen LogP contribution is 2.32. The molecule has 20 heavy (non-hydrogen) atoms. The second-order valence-electron chi connectivity index (χ2n) is 4.77. The van der Waals surface area contributed by atoms with Crippen LogP contribution >= 0.6 is 0 Å². The predicted molar refractivity (Wildman–Crippen MR) is 73.5 cm³/mol. The van der Waals surface area contributed by atoms with Crippen molar-refractivity contribution in [3.63, 3.8) is 0 Å². The lowest BCUT2D eigenvalue weighted by Crippen LogP contribution is -2.29. The molecule has 1 aromatic rings. The molecule has 2 N–H and O–H groups in total. The summed E-state index contributed by atoms with van der Waals surface area (Å²) in [6, 6.07) is 4.56. The first kappa shape index (κ1) is 15.1. The lowest BCUT2D eigenvalue weighted by atomic mass is 10.1. The van der Waals surface area contributed by atoms with Gasteiger partial charge in [0.1, 0.15) is 13.2 Å². The van der Waals surface area contributed by atoms with Crippen molar-refractivity contribution in [2.75, 3.05) is 26.4 Å². The summed E-state index contributed by atoms with van der Waals surface area (Å²) < 4.78 is 37.6. The van der Waals surface area contributed by atoms with Crippen LogP contribution in [-0.4, -0.2) is 39.9 Å². The van der Waals surface area contributed by atoms with Gasteiger partial charge in [-0.25, -0.2) is 13.1 Å². The second-order valence-corrected chi connectivity index (χ2v) is 6.54. The maximum Gasteiger partial charge on any atom is 0.240 e. The molecule has 0 spiro atoms. The van der Waals surface area contributed by atoms with Gasteiger partial charge in [0.25, 0.3) is 0 Å². The molecular weight excluding hydrogens is 282 g/mol. The standard InChI is InChI=1S/C13H19NO5S/c1-10(4-5-15)9-14-20(16,17)11-2-3-12-13(8-11)19-7-6-18-12/h2-3,8,10,14-15H,4-7,9H2,1H3. The van der Waals surface area contributed by atoms with Gasteiger partial charge in [-0.3, -0.25) is 0 Å². The van der Waals surface area contributed by atoms with E-state index in [1.54, 1.807) is 6.07 Å². The molecule has 0 aromatic heterocycles. The molecular formula is C13H19NO5S. The van der Waals surface area contributed by atoms with Gasteiger partial charge in [0, 0.05) is 19.2 Å². The van der Waals surface area contributed by atoms with Crippen LogP contribution in [0.2, 0.25) is 0 Å². The van der Waals surface area contributed by atoms with Crippen LogP contribution < -0.4 is 14.2 Å². The van der Waals surface area contributed by atoms with Crippen molar-refractivity contribution in [1.29, 1.82) is 0 Å². The van der Waals surface area contributed by atoms with Gasteiger partial charge in [0.15, 0.2) is 11.5 Å². The van der Waals surface area contributed by atoms with Crippen LogP contribution in [0.4, 0.5) is 0 Å². The number of hydrogen-bond donors (Lipinski definition) is 2. The molecule has 7 heteroatoms. The van der Waals surface area contributed by atoms with Gasteiger partial charge in [0.05, 0.1) is 4.90 Å². The zero-order valence-electron chi connectivity index (χ0n) is 11.3. The number of aliphatic hydroxyl groups is 1. The average Bonchev–Trinajstić information content (AvgIpc) is 2.45. The number of ether oxygens (including phenoxy) is 2. The van der Waals surface area contributed by atoms with Crippen molar-refractivity contribution in [2.45, 2.75) is 18.2 Å². The molecule has 0 fully saturated rings. The van der Waals surface area contributed by atoms with Crippen LogP contribution in [0.1, 0.15) is 13.3 Å². The quantitative estimate of drug-likeness (QED) is 0.810. The number of benzene rings is 1. The van der Waals surface area contributed by atoms with Gasteiger partial charge in [0.2, 0.25) is 10.0 Å². The first-order valence-electron chi connectivity index (χ1n) is 6.53. The van der Waals surface area contributed by atoms with E-state index < -0.39 is 10.0 Å². The minimum Gasteiger partial charge on any atom is -0.486 e. The molecule has 1 atom stereocenters. The SMILES string of the molecule is CC(CCO)CNS(=O)(=O)c1ccc2c(c1)OCCO2. The van der Waals surface area contributed by atoms with E-state index in [-0.39, 0.29) is 24.0 Å². The Hall–Kier alpha value is -1.31. The Kier molecular flexibility index (Phi) is 4.85. The first-order chi connectivity index (χ1) is 9.53. The van der Waals surface area contributed by atoms with Gasteiger partial charge < -0.3 is 14.6 Å². The third-order valence-corrected chi connectivity index (χ3v) is 4.49. The molecule has 6 nitrogen and oxygen atoms in total. The number of fused-ring (bicyclic) bond motifs is 1. The molecule has 0 radical (unpaired) electrons. The van der Waals surface area contributed by atoms with Crippen LogP contribution in [0.15, 0.2) is 23.1 Å². The van der Waals surface area contributed by atoms with Crippen molar-refractivity contribution < 1.29 is 23.0 Å². The summed E-state index contributed by atoms with van der Waals surface area (Å²) >= 11 is 0. The normalized spacial score (nSPS) is 15.9. The van der Waals surface area contributed by atoms with Crippen LogP contribution in [0.3, 0.4) is 0 Å². The molecule has 1 unspecified atom stereocenters. The topological polar surface area (TPSA) is 84.9 Å². The zero-order chi connectivity index (χ0) is 14.6. The monoisotopic (exact) mass is 301 g/mol. The number of nitrogens with one attached hydrogen (secondary N) is 1. The summed E-state index contributed by atoms with van der Waals surface area (Å²) in [5, 5.41) is 8.81. The first-order valence-corrected chi connectivity index (χ1v) is 8.01. The lowest BCUT2D eigenvalue weighted by molar-refractivity contribution is 0.171. The predicted octanol–water partition coefficient (Wildman–Crippen LogP) is 0.755. The van der Waals surface area contributed by atoms with Gasteiger partial charge in [-0.05, 0) is 24.5 Å². The molecule has 1 aliphatic heterocycles. The molecule has 0 saturated carbocycles. The fourth-order valence-electron chi connectivity index (χ4n) is 1.85. The van der Waals surface area contributed by atoms with E-state index in [4.69, 9.17) is 14.6 Å². The Morgan fingerprint density at radius 3 is 2.70 bits per heavy atom. The largest absolute Gasteiger partial charge is 0.486 e. The maximum atomic E-state index is 12.2. The number of aliphatic hydroxyl groups excluding tert-OH is 1. The lowest BCUT2D eigenvalue weighted by Gasteiger charge is -2.19. The Bertz CT molecular complexity index is 558.